The highest BCUT2D eigenvalue weighted by molar-refractivity contribution is 6.07. The predicted molar refractivity (Wildman–Crippen MR) is 102 cm³/mol. The van der Waals surface area contributed by atoms with Gasteiger partial charge in [-0.15, -0.1) is 0 Å². The van der Waals surface area contributed by atoms with Gasteiger partial charge in [0, 0.05) is 24.6 Å². The average molecular weight is 421 g/mol. The van der Waals surface area contributed by atoms with Crippen LogP contribution in [-0.4, -0.2) is 40.7 Å². The van der Waals surface area contributed by atoms with Crippen LogP contribution in [0.4, 0.5) is 17.6 Å². The molecule has 1 unspecified atom stereocenters. The zero-order valence-electron chi connectivity index (χ0n) is 16.2. The van der Waals surface area contributed by atoms with Crippen LogP contribution in [0, 0.1) is 12.8 Å². The van der Waals surface area contributed by atoms with E-state index in [1.807, 2.05) is 0 Å². The van der Waals surface area contributed by atoms with Crippen molar-refractivity contribution in [1.29, 1.82) is 0 Å². The lowest BCUT2D eigenvalue weighted by molar-refractivity contribution is -0.137. The highest BCUT2D eigenvalue weighted by Crippen LogP contribution is 2.34. The zero-order chi connectivity index (χ0) is 21.5. The van der Waals surface area contributed by atoms with Crippen molar-refractivity contribution >= 4 is 17.0 Å². The third-order valence-corrected chi connectivity index (χ3v) is 5.36. The molecule has 2 aromatic heterocycles. The molecule has 1 aliphatic rings. The number of rotatable bonds is 3. The summed E-state index contributed by atoms with van der Waals surface area (Å²) in [6.45, 7) is 1.94. The van der Waals surface area contributed by atoms with Crippen LogP contribution >= 0.6 is 0 Å². The van der Waals surface area contributed by atoms with Crippen LogP contribution in [0.15, 0.2) is 34.9 Å². The Morgan fingerprint density at radius 3 is 2.83 bits per heavy atom. The Balaban J connectivity index is 1.80. The Morgan fingerprint density at radius 2 is 2.10 bits per heavy atom. The van der Waals surface area contributed by atoms with Crippen LogP contribution in [0.1, 0.15) is 34.5 Å². The number of benzene rings is 1. The van der Waals surface area contributed by atoms with E-state index in [2.05, 4.69) is 10.1 Å². The number of halogens is 4. The van der Waals surface area contributed by atoms with E-state index in [1.54, 1.807) is 11.8 Å². The standard InChI is InChI=1S/C21H19F4N3O2/c1-12-18-16(20(29)28-7-3-4-13(10-22)11-28)9-17(26-19(18)30-27-12)14-5-2-6-15(8-14)21(23,24)25/h2,5-6,8-9,13H,3-4,7,10-11H2,1H3. The molecule has 3 heterocycles. The monoisotopic (exact) mass is 421 g/mol. The van der Waals surface area contributed by atoms with Gasteiger partial charge < -0.3 is 9.42 Å². The molecule has 5 nitrogen and oxygen atoms in total. The molecular weight excluding hydrogens is 402 g/mol. The Kier molecular flexibility index (Phi) is 5.21. The fourth-order valence-electron chi connectivity index (χ4n) is 3.81. The van der Waals surface area contributed by atoms with Crippen LogP contribution in [0.3, 0.4) is 0 Å². The van der Waals surface area contributed by atoms with Crippen molar-refractivity contribution < 1.29 is 26.9 Å². The average Bonchev–Trinajstić information content (AvgIpc) is 3.13. The molecule has 1 saturated heterocycles. The minimum Gasteiger partial charge on any atom is -0.338 e. The van der Waals surface area contributed by atoms with Crippen molar-refractivity contribution in [1.82, 2.24) is 15.0 Å². The fraction of sp³-hybridized carbons (Fsp3) is 0.381. The lowest BCUT2D eigenvalue weighted by atomic mass is 9.97. The summed E-state index contributed by atoms with van der Waals surface area (Å²) >= 11 is 0. The number of hydrogen-bond acceptors (Lipinski definition) is 4. The minimum atomic E-state index is -4.50. The quantitative estimate of drug-likeness (QED) is 0.556. The Labute approximate surface area is 169 Å². The lowest BCUT2D eigenvalue weighted by Gasteiger charge is -2.31. The van der Waals surface area contributed by atoms with Crippen molar-refractivity contribution in [2.75, 3.05) is 19.8 Å². The SMILES string of the molecule is Cc1noc2nc(-c3cccc(C(F)(F)F)c3)cc(C(=O)N3CCCC(CF)C3)c12. The zero-order valence-corrected chi connectivity index (χ0v) is 16.2. The van der Waals surface area contributed by atoms with Gasteiger partial charge in [0.2, 0.25) is 0 Å². The second-order valence-electron chi connectivity index (χ2n) is 7.50. The van der Waals surface area contributed by atoms with Crippen LogP contribution in [-0.2, 0) is 6.18 Å². The summed E-state index contributed by atoms with van der Waals surface area (Å²) in [5.74, 6) is -0.549. The van der Waals surface area contributed by atoms with E-state index in [0.29, 0.717) is 37.0 Å². The van der Waals surface area contributed by atoms with Crippen molar-refractivity contribution in [2.24, 2.45) is 5.92 Å². The minimum absolute atomic E-state index is 0.0739. The number of carbonyl (C=O) groups excluding carboxylic acids is 1. The summed E-state index contributed by atoms with van der Waals surface area (Å²) in [5, 5.41) is 4.27. The van der Waals surface area contributed by atoms with Gasteiger partial charge in [-0.25, -0.2) is 4.98 Å². The van der Waals surface area contributed by atoms with E-state index in [0.717, 1.165) is 12.1 Å². The number of hydrogen-bond donors (Lipinski definition) is 0. The molecule has 0 N–H and O–H groups in total. The summed E-state index contributed by atoms with van der Waals surface area (Å²) in [4.78, 5) is 19.1. The molecule has 0 saturated carbocycles. The summed E-state index contributed by atoms with van der Waals surface area (Å²) in [6.07, 6.45) is -3.10. The van der Waals surface area contributed by atoms with E-state index >= 15 is 0 Å². The van der Waals surface area contributed by atoms with Crippen LogP contribution in [0.25, 0.3) is 22.4 Å². The van der Waals surface area contributed by atoms with Gasteiger partial charge in [0.05, 0.1) is 34.6 Å². The van der Waals surface area contributed by atoms with Gasteiger partial charge in [-0.1, -0.05) is 17.3 Å². The van der Waals surface area contributed by atoms with E-state index in [1.165, 1.54) is 18.2 Å². The van der Waals surface area contributed by atoms with Crippen molar-refractivity contribution in [2.45, 2.75) is 25.9 Å². The lowest BCUT2D eigenvalue weighted by Crippen LogP contribution is -2.40. The van der Waals surface area contributed by atoms with Gasteiger partial charge in [-0.2, -0.15) is 13.2 Å². The van der Waals surface area contributed by atoms with E-state index in [9.17, 15) is 22.4 Å². The van der Waals surface area contributed by atoms with E-state index < -0.39 is 18.4 Å². The molecule has 1 atom stereocenters. The topological polar surface area (TPSA) is 59.2 Å². The van der Waals surface area contributed by atoms with E-state index in [4.69, 9.17) is 4.52 Å². The number of pyridine rings is 1. The first-order valence-corrected chi connectivity index (χ1v) is 9.58. The molecule has 1 aromatic carbocycles. The first-order valence-electron chi connectivity index (χ1n) is 9.58. The highest BCUT2D eigenvalue weighted by Gasteiger charge is 2.31. The molecule has 3 aromatic rings. The number of aryl methyl sites for hydroxylation is 1. The van der Waals surface area contributed by atoms with E-state index in [-0.39, 0.29) is 34.4 Å². The predicted octanol–water partition coefficient (Wildman–Crippen LogP) is 5.04. The molecule has 1 fully saturated rings. The number of carbonyl (C=O) groups is 1. The molecule has 158 valence electrons. The molecule has 1 aliphatic heterocycles. The van der Waals surface area contributed by atoms with Gasteiger partial charge in [0.25, 0.3) is 11.6 Å². The summed E-state index contributed by atoms with van der Waals surface area (Å²) < 4.78 is 57.7. The van der Waals surface area contributed by atoms with Gasteiger partial charge in [0.15, 0.2) is 0 Å². The molecule has 9 heteroatoms. The first kappa shape index (κ1) is 20.3. The van der Waals surface area contributed by atoms with Crippen LogP contribution in [0.2, 0.25) is 0 Å². The number of aromatic nitrogens is 2. The van der Waals surface area contributed by atoms with Gasteiger partial charge in [0.1, 0.15) is 0 Å². The molecule has 30 heavy (non-hydrogen) atoms. The fourth-order valence-corrected chi connectivity index (χ4v) is 3.81. The number of alkyl halides is 4. The highest BCUT2D eigenvalue weighted by atomic mass is 19.4. The summed E-state index contributed by atoms with van der Waals surface area (Å²) in [7, 11) is 0. The van der Waals surface area contributed by atoms with Gasteiger partial charge in [-0.3, -0.25) is 9.18 Å². The first-order chi connectivity index (χ1) is 14.3. The maximum absolute atomic E-state index is 13.3. The third kappa shape index (κ3) is 3.76. The maximum Gasteiger partial charge on any atom is 0.416 e. The molecule has 4 rings (SSSR count). The number of nitrogens with zero attached hydrogens (tertiary/aromatic N) is 3. The van der Waals surface area contributed by atoms with Crippen molar-refractivity contribution in [3.8, 4) is 11.3 Å². The number of amides is 1. The number of fused-ring (bicyclic) bond motifs is 1. The molecule has 1 amide bonds. The van der Waals surface area contributed by atoms with Crippen molar-refractivity contribution in [3.05, 3.63) is 47.2 Å². The Bertz CT molecular complexity index is 1090. The molecular formula is C21H19F4N3O2. The second-order valence-corrected chi connectivity index (χ2v) is 7.50. The third-order valence-electron chi connectivity index (χ3n) is 5.36. The Hall–Kier alpha value is -2.97. The summed E-state index contributed by atoms with van der Waals surface area (Å²) in [6, 6.07) is 6.18. The van der Waals surface area contributed by atoms with Crippen LogP contribution < -0.4 is 0 Å². The van der Waals surface area contributed by atoms with Crippen molar-refractivity contribution in [3.63, 3.8) is 0 Å². The molecule has 0 spiro atoms. The number of piperidine rings is 1. The van der Waals surface area contributed by atoms with Gasteiger partial charge in [-0.05, 0) is 38.0 Å². The van der Waals surface area contributed by atoms with Crippen LogP contribution in [0.5, 0.6) is 0 Å². The smallest absolute Gasteiger partial charge is 0.338 e. The van der Waals surface area contributed by atoms with Gasteiger partial charge >= 0.3 is 6.18 Å². The molecule has 0 radical (unpaired) electrons. The molecule has 0 bridgehead atoms. The summed E-state index contributed by atoms with van der Waals surface area (Å²) in [5.41, 5.74) is 0.332. The molecule has 0 aliphatic carbocycles. The normalized spacial score (nSPS) is 17.5. The number of likely N-dealkylation sites (tertiary alicyclic amines) is 1. The largest absolute Gasteiger partial charge is 0.416 e. The second kappa shape index (κ2) is 7.70. The Morgan fingerprint density at radius 1 is 1.30 bits per heavy atom. The maximum atomic E-state index is 13.3.